The van der Waals surface area contributed by atoms with Crippen molar-refractivity contribution < 1.29 is 9.84 Å². The third kappa shape index (κ3) is 3.46. The Morgan fingerprint density at radius 1 is 1.28 bits per heavy atom. The predicted octanol–water partition coefficient (Wildman–Crippen LogP) is 2.00. The summed E-state index contributed by atoms with van der Waals surface area (Å²) in [7, 11) is -0.226. The fourth-order valence-electron chi connectivity index (χ4n) is 2.23. The van der Waals surface area contributed by atoms with Crippen LogP contribution >= 0.6 is 0 Å². The van der Waals surface area contributed by atoms with Gasteiger partial charge < -0.3 is 9.84 Å². The number of methoxy groups -OCH3 is 1. The molecule has 0 radical (unpaired) electrons. The molecule has 1 N–H and O–H groups in total. The maximum absolute atomic E-state index is 10.2. The molecule has 0 amide bonds. The summed E-state index contributed by atoms with van der Waals surface area (Å²) in [6, 6.07) is 10.4. The molecule has 3 heteroatoms. The summed E-state index contributed by atoms with van der Waals surface area (Å²) >= 11 is 0. The fourth-order valence-corrected chi connectivity index (χ4v) is 5.20. The zero-order chi connectivity index (χ0) is 13.6. The summed E-state index contributed by atoms with van der Waals surface area (Å²) in [5.74, 6) is 6.14. The van der Waals surface area contributed by atoms with Crippen molar-refractivity contribution in [1.29, 1.82) is 0 Å². The topological polar surface area (TPSA) is 29.5 Å². The number of benzene rings is 1. The largest absolute Gasteiger partial charge is 0.390 e. The lowest BCUT2D eigenvalue weighted by Crippen LogP contribution is -2.50. The number of aliphatic hydroxyl groups excluding tert-OH is 1. The van der Waals surface area contributed by atoms with E-state index in [1.807, 2.05) is 25.1 Å². The van der Waals surface area contributed by atoms with Gasteiger partial charge in [0.1, 0.15) is 0 Å². The van der Waals surface area contributed by atoms with Gasteiger partial charge in [-0.15, -0.1) is 11.8 Å². The third-order valence-corrected chi connectivity index (χ3v) is 7.22. The number of aliphatic hydroxyl groups is 1. The molecule has 18 heavy (non-hydrogen) atoms. The zero-order valence-corrected chi connectivity index (χ0v) is 12.6. The van der Waals surface area contributed by atoms with E-state index in [0.717, 1.165) is 0 Å². The van der Waals surface area contributed by atoms with Crippen molar-refractivity contribution in [2.45, 2.75) is 31.7 Å². The summed E-state index contributed by atoms with van der Waals surface area (Å²) in [4.78, 5) is 0. The van der Waals surface area contributed by atoms with Crippen LogP contribution in [-0.2, 0) is 4.74 Å². The molecular weight excluding hydrogens is 240 g/mol. The van der Waals surface area contributed by atoms with Gasteiger partial charge in [-0.3, -0.25) is 0 Å². The predicted molar refractivity (Wildman–Crippen MR) is 78.6 cm³/mol. The molecule has 0 unspecified atom stereocenters. The highest BCUT2D eigenvalue weighted by Crippen LogP contribution is 2.25. The Bertz CT molecular complexity index is 417. The molecular formula is C15H22O2Si. The second kappa shape index (κ2) is 6.74. The van der Waals surface area contributed by atoms with E-state index in [1.165, 1.54) is 5.19 Å². The minimum absolute atomic E-state index is 0.00940. The minimum atomic E-state index is -1.83. The van der Waals surface area contributed by atoms with E-state index in [-0.39, 0.29) is 5.54 Å². The second-order valence-electron chi connectivity index (χ2n) is 4.98. The first kappa shape index (κ1) is 15.0. The van der Waals surface area contributed by atoms with E-state index in [2.05, 4.69) is 37.1 Å². The number of rotatable bonds is 5. The second-order valence-corrected chi connectivity index (χ2v) is 9.63. The van der Waals surface area contributed by atoms with Crippen LogP contribution in [-0.4, -0.2) is 33.0 Å². The van der Waals surface area contributed by atoms with Gasteiger partial charge in [-0.1, -0.05) is 48.6 Å². The van der Waals surface area contributed by atoms with Crippen molar-refractivity contribution in [2.75, 3.05) is 13.7 Å². The number of hydrogen-bond donors (Lipinski definition) is 1. The molecule has 0 heterocycles. The molecule has 1 rings (SSSR count). The maximum Gasteiger partial charge on any atom is 0.0996 e. The minimum Gasteiger partial charge on any atom is -0.390 e. The van der Waals surface area contributed by atoms with Crippen LogP contribution < -0.4 is 5.19 Å². The Labute approximate surface area is 111 Å². The molecule has 98 valence electrons. The van der Waals surface area contributed by atoms with Gasteiger partial charge in [-0.05, 0) is 6.92 Å². The van der Waals surface area contributed by atoms with Crippen molar-refractivity contribution in [3.63, 3.8) is 0 Å². The van der Waals surface area contributed by atoms with Crippen LogP contribution in [0.2, 0.25) is 18.6 Å². The van der Waals surface area contributed by atoms with Crippen molar-refractivity contribution >= 4 is 13.3 Å². The van der Waals surface area contributed by atoms with Crippen LogP contribution in [0.4, 0.5) is 0 Å². The molecule has 0 saturated heterocycles. The van der Waals surface area contributed by atoms with Gasteiger partial charge in [0.05, 0.1) is 20.8 Å². The summed E-state index contributed by atoms with van der Waals surface area (Å²) in [5, 5.41) is 11.6. The Kier molecular flexibility index (Phi) is 5.61. The first-order valence-electron chi connectivity index (χ1n) is 6.18. The first-order valence-corrected chi connectivity index (χ1v) is 9.26. The Balaban J connectivity index is 3.06. The molecule has 0 aromatic heterocycles. The fraction of sp³-hybridized carbons (Fsp3) is 0.467. The average molecular weight is 262 g/mol. The molecule has 0 saturated carbocycles. The maximum atomic E-state index is 10.2. The van der Waals surface area contributed by atoms with Crippen molar-refractivity contribution in [2.24, 2.45) is 0 Å². The Morgan fingerprint density at radius 2 is 1.89 bits per heavy atom. The van der Waals surface area contributed by atoms with Gasteiger partial charge in [-0.25, -0.2) is 0 Å². The van der Waals surface area contributed by atoms with E-state index >= 15 is 0 Å². The molecule has 1 aromatic carbocycles. The molecule has 0 bridgehead atoms. The summed E-state index contributed by atoms with van der Waals surface area (Å²) in [5.41, 5.74) is -0.00940. The molecule has 2 nitrogen and oxygen atoms in total. The van der Waals surface area contributed by atoms with Crippen LogP contribution in [0, 0.1) is 11.8 Å². The lowest BCUT2D eigenvalue weighted by Gasteiger charge is -2.32. The highest BCUT2D eigenvalue weighted by molar-refractivity contribution is 6.91. The standard InChI is InChI=1S/C15H22O2Si/c1-5-9-15(14(16)12-17-2)18(3,4)13-10-7-6-8-11-13/h6-8,10-11,14-16H,12H2,1-4H3/t14-,15+/m0/s1. The quantitative estimate of drug-likeness (QED) is 0.650. The summed E-state index contributed by atoms with van der Waals surface area (Å²) in [6.45, 7) is 6.65. The summed E-state index contributed by atoms with van der Waals surface area (Å²) in [6.07, 6.45) is -0.524. The van der Waals surface area contributed by atoms with Crippen LogP contribution in [0.5, 0.6) is 0 Å². The first-order chi connectivity index (χ1) is 8.54. The number of ether oxygens (including phenoxy) is 1. The molecule has 0 aliphatic carbocycles. The van der Waals surface area contributed by atoms with Crippen LogP contribution in [0.1, 0.15) is 6.92 Å². The number of hydrogen-bond acceptors (Lipinski definition) is 2. The van der Waals surface area contributed by atoms with Crippen molar-refractivity contribution in [3.8, 4) is 11.8 Å². The van der Waals surface area contributed by atoms with Crippen LogP contribution in [0.3, 0.4) is 0 Å². The SMILES string of the molecule is CC#C[C@H]([C@@H](O)COC)[Si](C)(C)c1ccccc1. The Hall–Kier alpha value is -1.08. The third-order valence-electron chi connectivity index (χ3n) is 3.32. The van der Waals surface area contributed by atoms with E-state index in [9.17, 15) is 5.11 Å². The van der Waals surface area contributed by atoms with Gasteiger partial charge in [0, 0.05) is 12.7 Å². The van der Waals surface area contributed by atoms with Gasteiger partial charge in [0.25, 0.3) is 0 Å². The van der Waals surface area contributed by atoms with E-state index in [4.69, 9.17) is 4.74 Å². The highest BCUT2D eigenvalue weighted by atomic mass is 28.3. The summed E-state index contributed by atoms with van der Waals surface area (Å²) < 4.78 is 5.07. The van der Waals surface area contributed by atoms with E-state index < -0.39 is 14.2 Å². The Morgan fingerprint density at radius 3 is 2.39 bits per heavy atom. The normalized spacial score (nSPS) is 14.5. The highest BCUT2D eigenvalue weighted by Gasteiger charge is 2.37. The van der Waals surface area contributed by atoms with Crippen LogP contribution in [0.15, 0.2) is 30.3 Å². The molecule has 1 aromatic rings. The lowest BCUT2D eigenvalue weighted by molar-refractivity contribution is 0.0671. The zero-order valence-electron chi connectivity index (χ0n) is 11.6. The molecule has 0 spiro atoms. The van der Waals surface area contributed by atoms with Crippen molar-refractivity contribution in [3.05, 3.63) is 30.3 Å². The van der Waals surface area contributed by atoms with E-state index in [1.54, 1.807) is 7.11 Å². The average Bonchev–Trinajstić information content (AvgIpc) is 2.37. The smallest absolute Gasteiger partial charge is 0.0996 e. The molecule has 2 atom stereocenters. The van der Waals surface area contributed by atoms with Gasteiger partial charge >= 0.3 is 0 Å². The lowest BCUT2D eigenvalue weighted by atomic mass is 10.2. The van der Waals surface area contributed by atoms with Crippen LogP contribution in [0.25, 0.3) is 0 Å². The van der Waals surface area contributed by atoms with Gasteiger partial charge in [0.2, 0.25) is 0 Å². The van der Waals surface area contributed by atoms with Gasteiger partial charge in [-0.2, -0.15) is 0 Å². The molecule has 0 aliphatic heterocycles. The van der Waals surface area contributed by atoms with Gasteiger partial charge in [0.15, 0.2) is 0 Å². The van der Waals surface area contributed by atoms with Crippen molar-refractivity contribution in [1.82, 2.24) is 0 Å². The molecule has 0 fully saturated rings. The monoisotopic (exact) mass is 262 g/mol. The molecule has 0 aliphatic rings. The van der Waals surface area contributed by atoms with E-state index in [0.29, 0.717) is 6.61 Å².